The molecule has 1 atom stereocenters. The summed E-state index contributed by atoms with van der Waals surface area (Å²) >= 11 is 1.01. The molecule has 0 spiro atoms. The van der Waals surface area contributed by atoms with Gasteiger partial charge in [0, 0.05) is 5.69 Å². The van der Waals surface area contributed by atoms with E-state index in [1.807, 2.05) is 12.1 Å². The Bertz CT molecular complexity index is 1520. The molecule has 0 saturated heterocycles. The normalized spacial score (nSPS) is 14.9. The molecule has 1 N–H and O–H groups in total. The molecule has 0 radical (unpaired) electrons. The van der Waals surface area contributed by atoms with Crippen molar-refractivity contribution in [1.29, 1.82) is 0 Å². The number of carbonyl (C=O) groups is 1. The van der Waals surface area contributed by atoms with Crippen LogP contribution in [0.1, 0.15) is 5.56 Å². The van der Waals surface area contributed by atoms with E-state index in [1.54, 1.807) is 36.4 Å². The number of hydrogen-bond acceptors (Lipinski definition) is 6. The maximum Gasteiger partial charge on any atom is 0.416 e. The van der Waals surface area contributed by atoms with Crippen molar-refractivity contribution in [3.8, 4) is 11.5 Å². The third-order valence-electron chi connectivity index (χ3n) is 5.59. The first-order chi connectivity index (χ1) is 17.8. The lowest BCUT2D eigenvalue weighted by Crippen LogP contribution is -2.37. The molecule has 190 valence electrons. The Morgan fingerprint density at radius 3 is 2.62 bits per heavy atom. The quantitative estimate of drug-likeness (QED) is 0.281. The molecule has 3 aromatic carbocycles. The van der Waals surface area contributed by atoms with E-state index in [0.717, 1.165) is 23.9 Å². The third-order valence-corrected chi connectivity index (χ3v) is 6.56. The number of alkyl halides is 3. The van der Waals surface area contributed by atoms with E-state index in [4.69, 9.17) is 9.47 Å². The second-order valence-electron chi connectivity index (χ2n) is 8.24. The van der Waals surface area contributed by atoms with Crippen LogP contribution < -0.4 is 20.3 Å². The van der Waals surface area contributed by atoms with Crippen molar-refractivity contribution in [3.63, 3.8) is 0 Å². The summed E-state index contributed by atoms with van der Waals surface area (Å²) in [5.74, 6) is 0.467. The molecular formula is C26H20F3N3O4S. The zero-order valence-corrected chi connectivity index (χ0v) is 20.0. The van der Waals surface area contributed by atoms with E-state index < -0.39 is 23.8 Å². The highest BCUT2D eigenvalue weighted by Crippen LogP contribution is 2.32. The molecule has 4 aromatic rings. The highest BCUT2D eigenvalue weighted by molar-refractivity contribution is 7.99. The molecule has 0 unspecified atom stereocenters. The Kier molecular flexibility index (Phi) is 6.79. The average molecular weight is 528 g/mol. The van der Waals surface area contributed by atoms with Crippen molar-refractivity contribution in [1.82, 2.24) is 9.55 Å². The maximum absolute atomic E-state index is 13.3. The van der Waals surface area contributed by atoms with Gasteiger partial charge in [-0.25, -0.2) is 4.98 Å². The molecule has 1 aliphatic heterocycles. The highest BCUT2D eigenvalue weighted by Gasteiger charge is 2.30. The summed E-state index contributed by atoms with van der Waals surface area (Å²) in [4.78, 5) is 30.5. The van der Waals surface area contributed by atoms with E-state index in [0.29, 0.717) is 22.4 Å². The van der Waals surface area contributed by atoms with Crippen LogP contribution in [0.5, 0.6) is 11.5 Å². The Labute approximate surface area is 213 Å². The number of aromatic nitrogens is 2. The van der Waals surface area contributed by atoms with Crippen molar-refractivity contribution in [3.05, 3.63) is 88.7 Å². The number of benzene rings is 3. The van der Waals surface area contributed by atoms with Gasteiger partial charge < -0.3 is 14.8 Å². The van der Waals surface area contributed by atoms with Gasteiger partial charge in [0.15, 0.2) is 22.8 Å². The van der Waals surface area contributed by atoms with Crippen molar-refractivity contribution >= 4 is 34.3 Å². The molecule has 1 aromatic heterocycles. The van der Waals surface area contributed by atoms with Crippen LogP contribution in [-0.2, 0) is 17.5 Å². The molecular weight excluding hydrogens is 507 g/mol. The minimum absolute atomic E-state index is 0.0238. The largest absolute Gasteiger partial charge is 0.486 e. The van der Waals surface area contributed by atoms with E-state index in [1.165, 1.54) is 16.7 Å². The number of halogens is 3. The number of nitrogens with zero attached hydrogens (tertiary/aromatic N) is 2. The summed E-state index contributed by atoms with van der Waals surface area (Å²) in [6.45, 7) is 0.346. The number of ether oxygens (including phenoxy) is 2. The van der Waals surface area contributed by atoms with Crippen LogP contribution in [0.2, 0.25) is 0 Å². The molecule has 0 aliphatic carbocycles. The van der Waals surface area contributed by atoms with E-state index >= 15 is 0 Å². The smallest absolute Gasteiger partial charge is 0.416 e. The van der Waals surface area contributed by atoms with Crippen LogP contribution in [-0.4, -0.2) is 33.9 Å². The maximum atomic E-state index is 13.3. The number of carbonyl (C=O) groups excluding carboxylic acids is 1. The summed E-state index contributed by atoms with van der Waals surface area (Å²) in [5.41, 5.74) is -0.667. The topological polar surface area (TPSA) is 82.5 Å². The monoisotopic (exact) mass is 527 g/mol. The number of thioether (sulfide) groups is 1. The lowest BCUT2D eigenvalue weighted by Gasteiger charge is -2.27. The number of fused-ring (bicyclic) bond motifs is 2. The Balaban J connectivity index is 1.36. The van der Waals surface area contributed by atoms with Gasteiger partial charge in [0.05, 0.1) is 28.8 Å². The molecule has 1 amide bonds. The summed E-state index contributed by atoms with van der Waals surface area (Å²) < 4.78 is 52.2. The fourth-order valence-electron chi connectivity index (χ4n) is 3.88. The molecule has 0 saturated carbocycles. The zero-order valence-electron chi connectivity index (χ0n) is 19.2. The summed E-state index contributed by atoms with van der Waals surface area (Å²) in [5, 5.41) is 3.17. The summed E-state index contributed by atoms with van der Waals surface area (Å²) in [6, 6.07) is 18.5. The van der Waals surface area contributed by atoms with Crippen LogP contribution in [0.15, 0.2) is 82.7 Å². The Morgan fingerprint density at radius 1 is 1.05 bits per heavy atom. The molecule has 2 heterocycles. The Hall–Kier alpha value is -3.99. The third kappa shape index (κ3) is 5.56. The summed E-state index contributed by atoms with van der Waals surface area (Å²) in [6.07, 6.45) is -5.00. The van der Waals surface area contributed by atoms with E-state index in [9.17, 15) is 22.8 Å². The number of amides is 1. The minimum atomic E-state index is -4.52. The van der Waals surface area contributed by atoms with Crippen LogP contribution in [0, 0.1) is 0 Å². The van der Waals surface area contributed by atoms with Gasteiger partial charge >= 0.3 is 6.18 Å². The molecule has 37 heavy (non-hydrogen) atoms. The van der Waals surface area contributed by atoms with Gasteiger partial charge in [0.25, 0.3) is 5.56 Å². The highest BCUT2D eigenvalue weighted by atomic mass is 32.2. The lowest BCUT2D eigenvalue weighted by atomic mass is 10.2. The molecule has 5 rings (SSSR count). The standard InChI is InChI=1S/C26H20F3N3O4S/c27-26(28,29)16-6-5-7-17(12-16)30-23(33)15-37-25-31-20-9-2-1-8-19(20)24(34)32(25)13-18-14-35-21-10-3-4-11-22(21)36-18/h1-12,18H,13-15H2,(H,30,33)/t18-/m0/s1. The van der Waals surface area contributed by atoms with Crippen molar-refractivity contribution < 1.29 is 27.4 Å². The van der Waals surface area contributed by atoms with Crippen LogP contribution in [0.3, 0.4) is 0 Å². The minimum Gasteiger partial charge on any atom is -0.486 e. The second-order valence-corrected chi connectivity index (χ2v) is 9.18. The first-order valence-electron chi connectivity index (χ1n) is 11.3. The molecule has 0 fully saturated rings. The zero-order chi connectivity index (χ0) is 26.0. The average Bonchev–Trinajstić information content (AvgIpc) is 2.89. The number of nitrogens with one attached hydrogen (secondary N) is 1. The van der Waals surface area contributed by atoms with Crippen molar-refractivity contribution in [2.75, 3.05) is 17.7 Å². The molecule has 1 aliphatic rings. The van der Waals surface area contributed by atoms with E-state index in [-0.39, 0.29) is 35.3 Å². The Morgan fingerprint density at radius 2 is 1.81 bits per heavy atom. The van der Waals surface area contributed by atoms with Crippen LogP contribution in [0.25, 0.3) is 10.9 Å². The predicted molar refractivity (Wildman–Crippen MR) is 133 cm³/mol. The summed E-state index contributed by atoms with van der Waals surface area (Å²) in [7, 11) is 0. The van der Waals surface area contributed by atoms with Gasteiger partial charge in [-0.2, -0.15) is 13.2 Å². The fourth-order valence-corrected chi connectivity index (χ4v) is 4.68. The first-order valence-corrected chi connectivity index (χ1v) is 12.2. The van der Waals surface area contributed by atoms with E-state index in [2.05, 4.69) is 10.3 Å². The van der Waals surface area contributed by atoms with Gasteiger partial charge in [-0.1, -0.05) is 42.1 Å². The van der Waals surface area contributed by atoms with Gasteiger partial charge in [0.1, 0.15) is 6.61 Å². The lowest BCUT2D eigenvalue weighted by molar-refractivity contribution is -0.137. The molecule has 11 heteroatoms. The van der Waals surface area contributed by atoms with Crippen LogP contribution in [0.4, 0.5) is 18.9 Å². The van der Waals surface area contributed by atoms with Crippen molar-refractivity contribution in [2.45, 2.75) is 24.0 Å². The van der Waals surface area contributed by atoms with Crippen LogP contribution >= 0.6 is 11.8 Å². The molecule has 0 bridgehead atoms. The second kappa shape index (κ2) is 10.2. The van der Waals surface area contributed by atoms with Crippen molar-refractivity contribution in [2.24, 2.45) is 0 Å². The molecule has 7 nitrogen and oxygen atoms in total. The van der Waals surface area contributed by atoms with Gasteiger partial charge in [-0.05, 0) is 42.5 Å². The first kappa shape index (κ1) is 24.7. The number of hydrogen-bond donors (Lipinski definition) is 1. The number of anilines is 1. The number of rotatable bonds is 6. The fraction of sp³-hybridized carbons (Fsp3) is 0.192. The SMILES string of the molecule is O=C(CSc1nc2ccccc2c(=O)n1C[C@H]1COc2ccccc2O1)Nc1cccc(C(F)(F)F)c1. The predicted octanol–water partition coefficient (Wildman–Crippen LogP) is 4.99. The number of para-hydroxylation sites is 3. The van der Waals surface area contributed by atoms with Gasteiger partial charge in [-0.15, -0.1) is 0 Å². The van der Waals surface area contributed by atoms with Gasteiger partial charge in [0.2, 0.25) is 5.91 Å². The van der Waals surface area contributed by atoms with Gasteiger partial charge in [-0.3, -0.25) is 14.2 Å².